The Kier molecular flexibility index (Phi) is 4.14. The summed E-state index contributed by atoms with van der Waals surface area (Å²) in [4.78, 5) is 6.15. The normalized spacial score (nSPS) is 11.8. The number of hydrogen-bond acceptors (Lipinski definition) is 2. The number of para-hydroxylation sites is 2. The summed E-state index contributed by atoms with van der Waals surface area (Å²) in [6.45, 7) is 2.24. The van der Waals surface area contributed by atoms with Gasteiger partial charge in [-0.2, -0.15) is 4.57 Å². The quantitative estimate of drug-likeness (QED) is 0.249. The molecule has 0 fully saturated rings. The van der Waals surface area contributed by atoms with Crippen molar-refractivity contribution in [3.05, 3.63) is 103 Å². The Balaban J connectivity index is 1.65. The van der Waals surface area contributed by atoms with Crippen LogP contribution >= 0.6 is 11.3 Å². The maximum absolute atomic E-state index is 4.84. The number of rotatable bonds is 2. The highest BCUT2D eigenvalue weighted by molar-refractivity contribution is 7.22. The summed E-state index contributed by atoms with van der Waals surface area (Å²) in [5.74, 6) is 0. The minimum atomic E-state index is 0.988. The first-order valence-corrected chi connectivity index (χ1v) is 12.3. The number of aromatic nitrogens is 3. The Labute approximate surface area is 201 Å². The average molecular weight is 457 g/mol. The molecular formula is C30H22N3S+. The van der Waals surface area contributed by atoms with Crippen LogP contribution in [0.4, 0.5) is 0 Å². The van der Waals surface area contributed by atoms with Crippen molar-refractivity contribution < 1.29 is 4.57 Å². The molecule has 162 valence electrons. The predicted octanol–water partition coefficient (Wildman–Crippen LogP) is 7.35. The number of thiophene rings is 1. The number of fused-ring (bicyclic) bond motifs is 5. The molecule has 0 aliphatic heterocycles. The molecule has 0 saturated carbocycles. The van der Waals surface area contributed by atoms with Gasteiger partial charge in [-0.05, 0) is 48.2 Å². The van der Waals surface area contributed by atoms with Gasteiger partial charge in [0.2, 0.25) is 11.2 Å². The van der Waals surface area contributed by atoms with Crippen LogP contribution in [0.3, 0.4) is 0 Å². The van der Waals surface area contributed by atoms with Crippen LogP contribution in [-0.4, -0.2) is 9.55 Å². The highest BCUT2D eigenvalue weighted by Gasteiger charge is 2.24. The highest BCUT2D eigenvalue weighted by atomic mass is 32.1. The van der Waals surface area contributed by atoms with Crippen molar-refractivity contribution in [2.45, 2.75) is 6.92 Å². The Morgan fingerprint density at radius 2 is 1.47 bits per heavy atom. The van der Waals surface area contributed by atoms with Crippen molar-refractivity contribution in [3.63, 3.8) is 0 Å². The number of hydrogen-bond donors (Lipinski definition) is 0. The van der Waals surface area contributed by atoms with Crippen molar-refractivity contribution in [2.24, 2.45) is 7.05 Å². The van der Waals surface area contributed by atoms with Gasteiger partial charge in [0.1, 0.15) is 17.6 Å². The van der Waals surface area contributed by atoms with Crippen LogP contribution in [-0.2, 0) is 7.05 Å². The monoisotopic (exact) mass is 456 g/mol. The zero-order valence-electron chi connectivity index (χ0n) is 19.0. The zero-order chi connectivity index (χ0) is 22.8. The molecule has 0 atom stereocenters. The molecule has 4 heteroatoms. The van der Waals surface area contributed by atoms with E-state index in [1.165, 1.54) is 53.4 Å². The van der Waals surface area contributed by atoms with Crippen LogP contribution in [0.2, 0.25) is 0 Å². The molecule has 3 nitrogen and oxygen atoms in total. The van der Waals surface area contributed by atoms with Gasteiger partial charge >= 0.3 is 0 Å². The van der Waals surface area contributed by atoms with Crippen LogP contribution in [0, 0.1) is 6.92 Å². The van der Waals surface area contributed by atoms with Gasteiger partial charge in [0.05, 0.1) is 16.6 Å². The van der Waals surface area contributed by atoms with E-state index in [1.54, 1.807) is 0 Å². The number of aryl methyl sites for hydroxylation is 2. The van der Waals surface area contributed by atoms with Gasteiger partial charge in [0, 0.05) is 33.8 Å². The second kappa shape index (κ2) is 7.24. The Bertz CT molecular complexity index is 1840. The molecule has 0 spiro atoms. The topological polar surface area (TPSA) is 21.7 Å². The maximum atomic E-state index is 4.84. The molecule has 4 aromatic heterocycles. The summed E-state index contributed by atoms with van der Waals surface area (Å²) < 4.78 is 5.99. The van der Waals surface area contributed by atoms with E-state index in [-0.39, 0.29) is 0 Å². The smallest absolute Gasteiger partial charge is 0.225 e. The fourth-order valence-electron chi connectivity index (χ4n) is 5.28. The van der Waals surface area contributed by atoms with Crippen molar-refractivity contribution in [1.29, 1.82) is 0 Å². The van der Waals surface area contributed by atoms with Crippen LogP contribution in [0.5, 0.6) is 0 Å². The number of pyridine rings is 2. The van der Waals surface area contributed by atoms with E-state index in [0.29, 0.717) is 0 Å². The lowest BCUT2D eigenvalue weighted by molar-refractivity contribution is -0.633. The molecule has 34 heavy (non-hydrogen) atoms. The Morgan fingerprint density at radius 1 is 0.765 bits per heavy atom. The summed E-state index contributed by atoms with van der Waals surface area (Å²) in [7, 11) is 2.18. The molecule has 0 saturated heterocycles. The first-order valence-electron chi connectivity index (χ1n) is 11.5. The Morgan fingerprint density at radius 3 is 2.32 bits per heavy atom. The second-order valence-corrected chi connectivity index (χ2v) is 9.82. The fourth-order valence-corrected chi connectivity index (χ4v) is 6.54. The second-order valence-electron chi connectivity index (χ2n) is 8.77. The average Bonchev–Trinajstić information content (AvgIpc) is 3.40. The third-order valence-electron chi connectivity index (χ3n) is 6.93. The molecule has 3 aromatic carbocycles. The van der Waals surface area contributed by atoms with Gasteiger partial charge in [0.15, 0.2) is 0 Å². The van der Waals surface area contributed by atoms with E-state index < -0.39 is 0 Å². The molecule has 7 aromatic rings. The summed E-state index contributed by atoms with van der Waals surface area (Å²) in [5, 5.41) is 4.94. The van der Waals surface area contributed by atoms with Gasteiger partial charge in [-0.25, -0.2) is 4.98 Å². The zero-order valence-corrected chi connectivity index (χ0v) is 19.8. The van der Waals surface area contributed by atoms with Crippen molar-refractivity contribution in [2.75, 3.05) is 0 Å². The van der Waals surface area contributed by atoms with E-state index in [1.807, 2.05) is 23.6 Å². The lowest BCUT2D eigenvalue weighted by atomic mass is 10.1. The van der Waals surface area contributed by atoms with Crippen LogP contribution in [0.25, 0.3) is 59.2 Å². The van der Waals surface area contributed by atoms with Crippen LogP contribution < -0.4 is 4.57 Å². The van der Waals surface area contributed by atoms with Crippen molar-refractivity contribution >= 4 is 54.3 Å². The van der Waals surface area contributed by atoms with E-state index in [4.69, 9.17) is 4.98 Å². The Hall–Kier alpha value is -4.02. The van der Waals surface area contributed by atoms with Gasteiger partial charge in [0.25, 0.3) is 0 Å². The lowest BCUT2D eigenvalue weighted by Crippen LogP contribution is -2.32. The molecule has 0 radical (unpaired) electrons. The fraction of sp³-hybridized carbons (Fsp3) is 0.0667. The molecule has 7 rings (SSSR count). The predicted molar refractivity (Wildman–Crippen MR) is 143 cm³/mol. The van der Waals surface area contributed by atoms with Crippen molar-refractivity contribution in [1.82, 2.24) is 9.55 Å². The van der Waals surface area contributed by atoms with Crippen LogP contribution in [0.15, 0.2) is 97.2 Å². The molecular weight excluding hydrogens is 434 g/mol. The molecule has 0 aliphatic rings. The molecule has 0 amide bonds. The van der Waals surface area contributed by atoms with E-state index >= 15 is 0 Å². The van der Waals surface area contributed by atoms with E-state index in [2.05, 4.69) is 108 Å². The number of nitrogens with zero attached hydrogens (tertiary/aromatic N) is 3. The third kappa shape index (κ3) is 2.63. The SMILES string of the molecule is Cc1c(-c2cc(-n3c4ccccc4c4cccnc43)c3ccccc3[n+]2C)sc2ccccc12. The summed E-state index contributed by atoms with van der Waals surface area (Å²) in [6.07, 6.45) is 1.89. The van der Waals surface area contributed by atoms with Gasteiger partial charge in [-0.3, -0.25) is 4.57 Å². The minimum Gasteiger partial charge on any atom is -0.293 e. The summed E-state index contributed by atoms with van der Waals surface area (Å²) >= 11 is 1.87. The van der Waals surface area contributed by atoms with Gasteiger partial charge in [-0.15, -0.1) is 11.3 Å². The molecule has 0 N–H and O–H groups in total. The molecule has 0 bridgehead atoms. The minimum absolute atomic E-state index is 0.988. The van der Waals surface area contributed by atoms with Gasteiger partial charge in [-0.1, -0.05) is 48.5 Å². The van der Waals surface area contributed by atoms with E-state index in [9.17, 15) is 0 Å². The van der Waals surface area contributed by atoms with Crippen LogP contribution in [0.1, 0.15) is 5.56 Å². The lowest BCUT2D eigenvalue weighted by Gasteiger charge is -2.12. The number of benzene rings is 3. The standard InChI is InChI=1S/C30H22N3S/c1-19-20-10-5-8-16-28(20)34-29(19)27-18-26(23-12-4-6-14-24(23)32(27)2)33-25-15-7-3-11-21(25)22-13-9-17-31-30(22)33/h3-18H,1-2H3/q+1. The van der Waals surface area contributed by atoms with Crippen molar-refractivity contribution in [3.8, 4) is 16.3 Å². The molecule has 0 unspecified atom stereocenters. The first-order chi connectivity index (χ1) is 16.7. The molecule has 0 aliphatic carbocycles. The largest absolute Gasteiger partial charge is 0.293 e. The summed E-state index contributed by atoms with van der Waals surface area (Å²) in [6, 6.07) is 32.5. The van der Waals surface area contributed by atoms with E-state index in [0.717, 1.165) is 11.3 Å². The highest BCUT2D eigenvalue weighted by Crippen LogP contribution is 2.39. The summed E-state index contributed by atoms with van der Waals surface area (Å²) in [5.41, 5.74) is 7.07. The first kappa shape index (κ1) is 19.4. The molecule has 4 heterocycles. The maximum Gasteiger partial charge on any atom is 0.225 e. The third-order valence-corrected chi connectivity index (χ3v) is 8.22. The van der Waals surface area contributed by atoms with Gasteiger partial charge < -0.3 is 0 Å².